The van der Waals surface area contributed by atoms with Crippen LogP contribution >= 0.6 is 11.3 Å². The lowest BCUT2D eigenvalue weighted by molar-refractivity contribution is -0.139. The zero-order valence-corrected chi connectivity index (χ0v) is 21.2. The number of allylic oxidation sites excluding steroid dienone is 1. The molecule has 1 unspecified atom stereocenters. The minimum Gasteiger partial charge on any atom is -0.463 e. The Kier molecular flexibility index (Phi) is 6.09. The third-order valence-corrected chi connectivity index (χ3v) is 7.42. The molecule has 3 aliphatic rings. The summed E-state index contributed by atoms with van der Waals surface area (Å²) in [6, 6.07) is 8.41. The first-order chi connectivity index (χ1) is 18.0. The van der Waals surface area contributed by atoms with Gasteiger partial charge in [-0.3, -0.25) is 9.36 Å². The molecule has 1 aromatic carbocycles. The number of nitrogens with zero attached hydrogens (tertiary/aromatic N) is 3. The summed E-state index contributed by atoms with van der Waals surface area (Å²) in [6.07, 6.45) is 1.72. The first-order valence-electron chi connectivity index (χ1n) is 12.0. The Morgan fingerprint density at radius 1 is 1.19 bits per heavy atom. The van der Waals surface area contributed by atoms with E-state index in [2.05, 4.69) is 9.89 Å². The molecule has 1 fully saturated rings. The number of morpholine rings is 1. The SMILES string of the molecule is CCOC(=O)C1=C(C)N=c2sc(=Cc3ccc(N4CCOCC4)o3)c(=O)n2C1c1ccc2c(c1)OCO2. The van der Waals surface area contributed by atoms with Gasteiger partial charge in [-0.15, -0.1) is 0 Å². The second-order valence-electron chi connectivity index (χ2n) is 8.69. The average Bonchev–Trinajstić information content (AvgIpc) is 3.63. The Labute approximate surface area is 215 Å². The first kappa shape index (κ1) is 23.6. The third kappa shape index (κ3) is 4.23. The van der Waals surface area contributed by atoms with Crippen LogP contribution in [0.4, 0.5) is 5.88 Å². The van der Waals surface area contributed by atoms with Crippen LogP contribution in [0.15, 0.2) is 55.8 Å². The zero-order chi connectivity index (χ0) is 25.5. The maximum atomic E-state index is 13.8. The van der Waals surface area contributed by atoms with E-state index in [1.807, 2.05) is 18.2 Å². The number of carbonyl (C=O) groups excluding carboxylic acids is 1. The molecule has 192 valence electrons. The first-order valence-corrected chi connectivity index (χ1v) is 12.9. The fourth-order valence-corrected chi connectivity index (χ4v) is 5.72. The fraction of sp³-hybridized carbons (Fsp3) is 0.346. The molecule has 0 aliphatic carbocycles. The van der Waals surface area contributed by atoms with E-state index in [0.29, 0.717) is 56.6 Å². The van der Waals surface area contributed by atoms with Crippen LogP contribution in [-0.4, -0.2) is 50.2 Å². The van der Waals surface area contributed by atoms with Gasteiger partial charge in [-0.1, -0.05) is 17.4 Å². The van der Waals surface area contributed by atoms with Gasteiger partial charge in [-0.25, -0.2) is 9.79 Å². The minimum atomic E-state index is -0.729. The smallest absolute Gasteiger partial charge is 0.338 e. The summed E-state index contributed by atoms with van der Waals surface area (Å²) in [7, 11) is 0. The lowest BCUT2D eigenvalue weighted by Crippen LogP contribution is -2.39. The normalized spacial score (nSPS) is 19.1. The molecule has 11 heteroatoms. The zero-order valence-electron chi connectivity index (χ0n) is 20.4. The van der Waals surface area contributed by atoms with Crippen molar-refractivity contribution in [3.8, 4) is 11.5 Å². The summed E-state index contributed by atoms with van der Waals surface area (Å²) in [4.78, 5) is 34.0. The van der Waals surface area contributed by atoms with Crippen LogP contribution in [0, 0.1) is 0 Å². The average molecular weight is 524 g/mol. The van der Waals surface area contributed by atoms with Gasteiger partial charge in [0, 0.05) is 25.2 Å². The molecule has 5 heterocycles. The Morgan fingerprint density at radius 3 is 2.81 bits per heavy atom. The van der Waals surface area contributed by atoms with Gasteiger partial charge in [0.15, 0.2) is 22.2 Å². The maximum absolute atomic E-state index is 13.8. The maximum Gasteiger partial charge on any atom is 0.338 e. The summed E-state index contributed by atoms with van der Waals surface area (Å²) in [5.41, 5.74) is 1.24. The standard InChI is InChI=1S/C26H25N3O7S/c1-3-33-25(31)22-15(2)27-26-29(23(22)16-4-6-18-19(12-16)35-14-34-18)24(30)20(37-26)13-17-5-7-21(36-17)28-8-10-32-11-9-28/h4-7,12-13,23H,3,8-11,14H2,1-2H3. The highest BCUT2D eigenvalue weighted by Crippen LogP contribution is 2.38. The molecule has 2 aromatic heterocycles. The number of fused-ring (bicyclic) bond motifs is 2. The van der Waals surface area contributed by atoms with E-state index in [9.17, 15) is 9.59 Å². The molecule has 0 bridgehead atoms. The van der Waals surface area contributed by atoms with Crippen LogP contribution in [0.2, 0.25) is 0 Å². The number of benzene rings is 1. The van der Waals surface area contributed by atoms with Gasteiger partial charge in [-0.05, 0) is 37.6 Å². The summed E-state index contributed by atoms with van der Waals surface area (Å²) < 4.78 is 29.8. The largest absolute Gasteiger partial charge is 0.463 e. The molecule has 0 N–H and O–H groups in total. The number of rotatable bonds is 5. The number of thiazole rings is 1. The second-order valence-corrected chi connectivity index (χ2v) is 9.70. The van der Waals surface area contributed by atoms with E-state index in [-0.39, 0.29) is 19.0 Å². The number of furan rings is 1. The van der Waals surface area contributed by atoms with E-state index in [0.717, 1.165) is 19.0 Å². The summed E-state index contributed by atoms with van der Waals surface area (Å²) in [6.45, 7) is 6.63. The lowest BCUT2D eigenvalue weighted by atomic mass is 9.95. The predicted octanol–water partition coefficient (Wildman–Crippen LogP) is 1.96. The highest BCUT2D eigenvalue weighted by atomic mass is 32.1. The topological polar surface area (TPSA) is 105 Å². The van der Waals surface area contributed by atoms with Crippen molar-refractivity contribution in [2.75, 3.05) is 44.6 Å². The fourth-order valence-electron chi connectivity index (χ4n) is 4.69. The Hall–Kier alpha value is -3.83. The van der Waals surface area contributed by atoms with Crippen molar-refractivity contribution in [3.63, 3.8) is 0 Å². The molecule has 10 nitrogen and oxygen atoms in total. The second kappa shape index (κ2) is 9.56. The molecule has 3 aliphatic heterocycles. The van der Waals surface area contributed by atoms with Gasteiger partial charge < -0.3 is 28.3 Å². The number of aromatic nitrogens is 1. The highest BCUT2D eigenvalue weighted by molar-refractivity contribution is 7.07. The van der Waals surface area contributed by atoms with Crippen LogP contribution < -0.4 is 29.3 Å². The van der Waals surface area contributed by atoms with Gasteiger partial charge in [0.2, 0.25) is 6.79 Å². The number of esters is 1. The van der Waals surface area contributed by atoms with Crippen molar-refractivity contribution < 1.29 is 28.2 Å². The number of anilines is 1. The number of carbonyl (C=O) groups is 1. The van der Waals surface area contributed by atoms with E-state index in [4.69, 9.17) is 23.4 Å². The summed E-state index contributed by atoms with van der Waals surface area (Å²) >= 11 is 1.25. The van der Waals surface area contributed by atoms with Gasteiger partial charge in [0.1, 0.15) is 5.76 Å². The number of hydrogen-bond donors (Lipinski definition) is 0. The van der Waals surface area contributed by atoms with Crippen LogP contribution in [0.25, 0.3) is 6.08 Å². The monoisotopic (exact) mass is 523 g/mol. The van der Waals surface area contributed by atoms with Crippen molar-refractivity contribution >= 4 is 29.3 Å². The van der Waals surface area contributed by atoms with E-state index in [1.54, 1.807) is 36.6 Å². The molecule has 37 heavy (non-hydrogen) atoms. The molecule has 0 saturated carbocycles. The van der Waals surface area contributed by atoms with Crippen molar-refractivity contribution in [1.82, 2.24) is 4.57 Å². The van der Waals surface area contributed by atoms with Crippen LogP contribution in [0.3, 0.4) is 0 Å². The van der Waals surface area contributed by atoms with Gasteiger partial charge in [0.05, 0.1) is 41.7 Å². The van der Waals surface area contributed by atoms with Gasteiger partial charge in [-0.2, -0.15) is 0 Å². The summed E-state index contributed by atoms with van der Waals surface area (Å²) in [5.74, 6) is 1.96. The summed E-state index contributed by atoms with van der Waals surface area (Å²) in [5, 5.41) is 0. The molecule has 0 amide bonds. The van der Waals surface area contributed by atoms with Crippen molar-refractivity contribution in [2.24, 2.45) is 4.99 Å². The molecule has 0 radical (unpaired) electrons. The molecule has 1 saturated heterocycles. The molecular formula is C26H25N3O7S. The van der Waals surface area contributed by atoms with Crippen molar-refractivity contribution in [1.29, 1.82) is 0 Å². The highest BCUT2D eigenvalue weighted by Gasteiger charge is 2.34. The molecule has 1 atom stereocenters. The minimum absolute atomic E-state index is 0.122. The third-order valence-electron chi connectivity index (χ3n) is 6.44. The van der Waals surface area contributed by atoms with E-state index in [1.165, 1.54) is 11.3 Å². The van der Waals surface area contributed by atoms with E-state index < -0.39 is 12.0 Å². The Morgan fingerprint density at radius 2 is 2.00 bits per heavy atom. The lowest BCUT2D eigenvalue weighted by Gasteiger charge is -2.26. The van der Waals surface area contributed by atoms with E-state index >= 15 is 0 Å². The predicted molar refractivity (Wildman–Crippen MR) is 135 cm³/mol. The molecule has 0 spiro atoms. The molecule has 6 rings (SSSR count). The van der Waals surface area contributed by atoms with Crippen LogP contribution in [0.1, 0.15) is 31.2 Å². The Balaban J connectivity index is 1.45. The van der Waals surface area contributed by atoms with Crippen molar-refractivity contribution in [2.45, 2.75) is 19.9 Å². The van der Waals surface area contributed by atoms with Gasteiger partial charge >= 0.3 is 5.97 Å². The number of ether oxygens (including phenoxy) is 4. The van der Waals surface area contributed by atoms with Gasteiger partial charge in [0.25, 0.3) is 5.56 Å². The van der Waals surface area contributed by atoms with Crippen molar-refractivity contribution in [3.05, 3.63) is 72.6 Å². The molecule has 3 aromatic rings. The Bertz CT molecular complexity index is 1580. The van der Waals surface area contributed by atoms with Crippen LogP contribution in [0.5, 0.6) is 11.5 Å². The van der Waals surface area contributed by atoms with Crippen LogP contribution in [-0.2, 0) is 14.3 Å². The quantitative estimate of drug-likeness (QED) is 0.468. The molecular weight excluding hydrogens is 498 g/mol. The number of hydrogen-bond acceptors (Lipinski definition) is 10.